The van der Waals surface area contributed by atoms with Crippen LogP contribution in [0.5, 0.6) is 0 Å². The second-order valence-electron chi connectivity index (χ2n) is 2.95. The van der Waals surface area contributed by atoms with E-state index in [1.165, 1.54) is 0 Å². The number of hydrogen-bond donors (Lipinski definition) is 1. The number of furan rings is 1. The molecule has 0 atom stereocenters. The van der Waals surface area contributed by atoms with Gasteiger partial charge in [0.1, 0.15) is 5.76 Å². The third-order valence-electron chi connectivity index (χ3n) is 2.12. The fourth-order valence-corrected chi connectivity index (χ4v) is 1.27. The summed E-state index contributed by atoms with van der Waals surface area (Å²) < 4.78 is 5.26. The van der Waals surface area contributed by atoms with E-state index in [1.54, 1.807) is 17.0 Å². The molecule has 14 heavy (non-hydrogen) atoms. The van der Waals surface area contributed by atoms with Crippen LogP contribution >= 0.6 is 0 Å². The lowest BCUT2D eigenvalue weighted by Gasteiger charge is -2.16. The van der Waals surface area contributed by atoms with E-state index in [-0.39, 0.29) is 5.91 Å². The van der Waals surface area contributed by atoms with Crippen LogP contribution in [-0.4, -0.2) is 23.9 Å². The SMILES string of the molecule is CCN(CC)C(=O)c1ccc(CN)o1. The fourth-order valence-electron chi connectivity index (χ4n) is 1.27. The maximum Gasteiger partial charge on any atom is 0.289 e. The largest absolute Gasteiger partial charge is 0.455 e. The monoisotopic (exact) mass is 196 g/mol. The van der Waals surface area contributed by atoms with E-state index in [0.29, 0.717) is 31.2 Å². The number of carbonyl (C=O) groups is 1. The van der Waals surface area contributed by atoms with Crippen LogP contribution in [0.3, 0.4) is 0 Å². The van der Waals surface area contributed by atoms with Gasteiger partial charge in [0.25, 0.3) is 5.91 Å². The molecule has 1 rings (SSSR count). The highest BCUT2D eigenvalue weighted by Gasteiger charge is 2.15. The van der Waals surface area contributed by atoms with Gasteiger partial charge < -0.3 is 15.1 Å². The van der Waals surface area contributed by atoms with Gasteiger partial charge in [0.15, 0.2) is 5.76 Å². The molecule has 0 aliphatic carbocycles. The Morgan fingerprint density at radius 1 is 1.43 bits per heavy atom. The topological polar surface area (TPSA) is 59.5 Å². The second-order valence-corrected chi connectivity index (χ2v) is 2.95. The second kappa shape index (κ2) is 4.81. The van der Waals surface area contributed by atoms with E-state index in [4.69, 9.17) is 10.2 Å². The molecule has 1 aromatic heterocycles. The van der Waals surface area contributed by atoms with Crippen molar-refractivity contribution in [3.8, 4) is 0 Å². The van der Waals surface area contributed by atoms with Crippen LogP contribution in [0.4, 0.5) is 0 Å². The Labute approximate surface area is 83.7 Å². The number of amides is 1. The summed E-state index contributed by atoms with van der Waals surface area (Å²) in [6.07, 6.45) is 0. The number of carbonyl (C=O) groups excluding carboxylic acids is 1. The lowest BCUT2D eigenvalue weighted by atomic mass is 10.3. The third-order valence-corrected chi connectivity index (χ3v) is 2.12. The van der Waals surface area contributed by atoms with E-state index in [1.807, 2.05) is 13.8 Å². The van der Waals surface area contributed by atoms with Gasteiger partial charge in [-0.25, -0.2) is 0 Å². The van der Waals surface area contributed by atoms with Crippen molar-refractivity contribution >= 4 is 5.91 Å². The first kappa shape index (κ1) is 10.8. The maximum absolute atomic E-state index is 11.7. The highest BCUT2D eigenvalue weighted by molar-refractivity contribution is 5.91. The molecule has 0 aromatic carbocycles. The Bertz CT molecular complexity index is 303. The van der Waals surface area contributed by atoms with Crippen molar-refractivity contribution in [2.24, 2.45) is 5.73 Å². The van der Waals surface area contributed by atoms with Gasteiger partial charge in [-0.1, -0.05) is 0 Å². The zero-order valence-electron chi connectivity index (χ0n) is 8.62. The molecule has 1 amide bonds. The molecular formula is C10H16N2O2. The van der Waals surface area contributed by atoms with Crippen molar-refractivity contribution in [3.05, 3.63) is 23.7 Å². The van der Waals surface area contributed by atoms with Crippen molar-refractivity contribution in [2.45, 2.75) is 20.4 Å². The first-order valence-corrected chi connectivity index (χ1v) is 4.81. The number of nitrogens with two attached hydrogens (primary N) is 1. The summed E-state index contributed by atoms with van der Waals surface area (Å²) in [4.78, 5) is 13.4. The summed E-state index contributed by atoms with van der Waals surface area (Å²) in [5.41, 5.74) is 5.39. The smallest absolute Gasteiger partial charge is 0.289 e. The van der Waals surface area contributed by atoms with E-state index in [9.17, 15) is 4.79 Å². The fraction of sp³-hybridized carbons (Fsp3) is 0.500. The summed E-state index contributed by atoms with van der Waals surface area (Å²) in [6.45, 7) is 5.58. The Hall–Kier alpha value is -1.29. The summed E-state index contributed by atoms with van der Waals surface area (Å²) in [6, 6.07) is 3.40. The van der Waals surface area contributed by atoms with E-state index < -0.39 is 0 Å². The molecule has 4 nitrogen and oxygen atoms in total. The highest BCUT2D eigenvalue weighted by Crippen LogP contribution is 2.09. The van der Waals surface area contributed by atoms with Crippen LogP contribution in [0.25, 0.3) is 0 Å². The Kier molecular flexibility index (Phi) is 3.71. The predicted molar refractivity (Wildman–Crippen MR) is 53.9 cm³/mol. The average Bonchev–Trinajstić information content (AvgIpc) is 2.67. The third kappa shape index (κ3) is 2.14. The molecule has 1 heterocycles. The molecule has 0 aliphatic rings. The molecule has 0 saturated heterocycles. The molecule has 0 radical (unpaired) electrons. The van der Waals surface area contributed by atoms with Crippen LogP contribution in [-0.2, 0) is 6.54 Å². The number of nitrogens with zero attached hydrogens (tertiary/aromatic N) is 1. The van der Waals surface area contributed by atoms with E-state index in [0.717, 1.165) is 0 Å². The minimum Gasteiger partial charge on any atom is -0.455 e. The number of hydrogen-bond acceptors (Lipinski definition) is 3. The first-order valence-electron chi connectivity index (χ1n) is 4.81. The standard InChI is InChI=1S/C10H16N2O2/c1-3-12(4-2)10(13)9-6-5-8(7-11)14-9/h5-6H,3-4,7,11H2,1-2H3. The molecule has 78 valence electrons. The molecule has 0 bridgehead atoms. The normalized spacial score (nSPS) is 10.2. The highest BCUT2D eigenvalue weighted by atomic mass is 16.4. The Balaban J connectivity index is 2.77. The van der Waals surface area contributed by atoms with Crippen molar-refractivity contribution in [3.63, 3.8) is 0 Å². The van der Waals surface area contributed by atoms with Crippen molar-refractivity contribution in [2.75, 3.05) is 13.1 Å². The van der Waals surface area contributed by atoms with Gasteiger partial charge in [-0.3, -0.25) is 4.79 Å². The summed E-state index contributed by atoms with van der Waals surface area (Å²) >= 11 is 0. The van der Waals surface area contributed by atoms with E-state index >= 15 is 0 Å². The van der Waals surface area contributed by atoms with Crippen molar-refractivity contribution in [1.29, 1.82) is 0 Å². The number of rotatable bonds is 4. The zero-order valence-corrected chi connectivity index (χ0v) is 8.62. The van der Waals surface area contributed by atoms with Crippen molar-refractivity contribution in [1.82, 2.24) is 4.90 Å². The van der Waals surface area contributed by atoms with Crippen LogP contribution in [0.1, 0.15) is 30.2 Å². The molecular weight excluding hydrogens is 180 g/mol. The summed E-state index contributed by atoms with van der Waals surface area (Å²) in [5.74, 6) is 0.935. The van der Waals surface area contributed by atoms with E-state index in [2.05, 4.69) is 0 Å². The summed E-state index contributed by atoms with van der Waals surface area (Å²) in [7, 11) is 0. The lowest BCUT2D eigenvalue weighted by Crippen LogP contribution is -2.30. The van der Waals surface area contributed by atoms with Gasteiger partial charge in [-0.15, -0.1) is 0 Å². The molecule has 2 N–H and O–H groups in total. The molecule has 1 aromatic rings. The van der Waals surface area contributed by atoms with Gasteiger partial charge in [0, 0.05) is 13.1 Å². The lowest BCUT2D eigenvalue weighted by molar-refractivity contribution is 0.0739. The summed E-state index contributed by atoms with van der Waals surface area (Å²) in [5, 5.41) is 0. The van der Waals surface area contributed by atoms with Crippen LogP contribution in [0.15, 0.2) is 16.5 Å². The minimum atomic E-state index is -0.0744. The van der Waals surface area contributed by atoms with Gasteiger partial charge in [0.05, 0.1) is 6.54 Å². The average molecular weight is 196 g/mol. The van der Waals surface area contributed by atoms with Gasteiger partial charge >= 0.3 is 0 Å². The first-order chi connectivity index (χ1) is 6.72. The Morgan fingerprint density at radius 3 is 2.50 bits per heavy atom. The van der Waals surface area contributed by atoms with Gasteiger partial charge in [-0.2, -0.15) is 0 Å². The molecule has 4 heteroatoms. The van der Waals surface area contributed by atoms with Crippen LogP contribution in [0, 0.1) is 0 Å². The van der Waals surface area contributed by atoms with Gasteiger partial charge in [0.2, 0.25) is 0 Å². The maximum atomic E-state index is 11.7. The van der Waals surface area contributed by atoms with Crippen LogP contribution < -0.4 is 5.73 Å². The van der Waals surface area contributed by atoms with Gasteiger partial charge in [-0.05, 0) is 26.0 Å². The molecule has 0 unspecified atom stereocenters. The minimum absolute atomic E-state index is 0.0744. The predicted octanol–water partition coefficient (Wildman–Crippen LogP) is 1.22. The quantitative estimate of drug-likeness (QED) is 0.787. The van der Waals surface area contributed by atoms with Crippen molar-refractivity contribution < 1.29 is 9.21 Å². The molecule has 0 aliphatic heterocycles. The molecule has 0 saturated carbocycles. The molecule has 0 fully saturated rings. The molecule has 0 spiro atoms. The zero-order chi connectivity index (χ0) is 10.6. The Morgan fingerprint density at radius 2 is 2.07 bits per heavy atom. The van der Waals surface area contributed by atoms with Crippen LogP contribution in [0.2, 0.25) is 0 Å².